The first-order chi connectivity index (χ1) is 6.00. The Bertz CT molecular complexity index is 156. The lowest BCUT2D eigenvalue weighted by molar-refractivity contribution is 0.162. The molecule has 1 saturated heterocycles. The molecule has 78 valence electrons. The maximum Gasteiger partial charge on any atom is 0.0682 e. The molecule has 1 heterocycles. The molecule has 0 aromatic heterocycles. The normalized spacial score (nSPS) is 30.7. The van der Waals surface area contributed by atoms with Crippen LogP contribution in [0.15, 0.2) is 0 Å². The van der Waals surface area contributed by atoms with Crippen molar-refractivity contribution in [1.29, 1.82) is 0 Å². The molecule has 1 aliphatic heterocycles. The number of likely N-dealkylation sites (tertiary alicyclic amines) is 1. The van der Waals surface area contributed by atoms with Gasteiger partial charge in [0, 0.05) is 19.1 Å². The summed E-state index contributed by atoms with van der Waals surface area (Å²) in [6.45, 7) is 11.0. The predicted molar refractivity (Wildman–Crippen MR) is 55.7 cm³/mol. The van der Waals surface area contributed by atoms with Gasteiger partial charge in [0.2, 0.25) is 0 Å². The minimum atomic E-state index is -0.0915. The lowest BCUT2D eigenvalue weighted by atomic mass is 10.0. The van der Waals surface area contributed by atoms with Crippen LogP contribution in [-0.4, -0.2) is 35.2 Å². The molecule has 0 spiro atoms. The first-order valence-corrected chi connectivity index (χ1v) is 5.42. The van der Waals surface area contributed by atoms with Crippen LogP contribution in [0.25, 0.3) is 0 Å². The zero-order valence-corrected chi connectivity index (χ0v) is 9.33. The zero-order chi connectivity index (χ0) is 10.0. The monoisotopic (exact) mass is 185 g/mol. The van der Waals surface area contributed by atoms with E-state index in [4.69, 9.17) is 0 Å². The van der Waals surface area contributed by atoms with Gasteiger partial charge in [0.15, 0.2) is 0 Å². The van der Waals surface area contributed by atoms with Crippen LogP contribution in [0.3, 0.4) is 0 Å². The van der Waals surface area contributed by atoms with Gasteiger partial charge >= 0.3 is 0 Å². The summed E-state index contributed by atoms with van der Waals surface area (Å²) < 4.78 is 0. The van der Waals surface area contributed by atoms with Crippen molar-refractivity contribution in [3.05, 3.63) is 0 Å². The van der Waals surface area contributed by atoms with Gasteiger partial charge < -0.3 is 5.11 Å². The summed E-state index contributed by atoms with van der Waals surface area (Å²) in [4.78, 5) is 2.44. The van der Waals surface area contributed by atoms with Crippen LogP contribution in [0.2, 0.25) is 0 Å². The second-order valence-corrected chi connectivity index (χ2v) is 5.05. The van der Waals surface area contributed by atoms with E-state index in [9.17, 15) is 5.11 Å². The van der Waals surface area contributed by atoms with Crippen molar-refractivity contribution in [3.63, 3.8) is 0 Å². The van der Waals surface area contributed by atoms with Crippen LogP contribution in [0.1, 0.15) is 34.1 Å². The van der Waals surface area contributed by atoms with E-state index in [0.29, 0.717) is 17.9 Å². The SMILES string of the molecule is CC(C)CN1C[C@H](O)C[C@@H]1C(C)C. The molecule has 1 rings (SSSR count). The maximum atomic E-state index is 9.59. The van der Waals surface area contributed by atoms with Crippen LogP contribution in [0.5, 0.6) is 0 Å². The molecule has 2 atom stereocenters. The largest absolute Gasteiger partial charge is 0.392 e. The van der Waals surface area contributed by atoms with Gasteiger partial charge in [0.05, 0.1) is 6.10 Å². The average molecular weight is 185 g/mol. The molecule has 0 aromatic rings. The summed E-state index contributed by atoms with van der Waals surface area (Å²) in [5.74, 6) is 1.36. The van der Waals surface area contributed by atoms with Gasteiger partial charge in [0.1, 0.15) is 0 Å². The molecular weight excluding hydrogens is 162 g/mol. The lowest BCUT2D eigenvalue weighted by Gasteiger charge is -2.28. The van der Waals surface area contributed by atoms with Crippen molar-refractivity contribution in [2.75, 3.05) is 13.1 Å². The lowest BCUT2D eigenvalue weighted by Crippen LogP contribution is -2.36. The molecule has 1 aliphatic rings. The molecule has 1 N–H and O–H groups in total. The van der Waals surface area contributed by atoms with E-state index in [0.717, 1.165) is 19.5 Å². The molecule has 0 aliphatic carbocycles. The molecule has 2 nitrogen and oxygen atoms in total. The average Bonchev–Trinajstić information content (AvgIpc) is 2.29. The molecule has 1 fully saturated rings. The van der Waals surface area contributed by atoms with Crippen molar-refractivity contribution in [2.24, 2.45) is 11.8 Å². The first kappa shape index (κ1) is 11.0. The number of hydrogen-bond donors (Lipinski definition) is 1. The quantitative estimate of drug-likeness (QED) is 0.724. The molecule has 0 aromatic carbocycles. The van der Waals surface area contributed by atoms with Crippen molar-refractivity contribution in [1.82, 2.24) is 4.90 Å². The summed E-state index contributed by atoms with van der Waals surface area (Å²) >= 11 is 0. The van der Waals surface area contributed by atoms with Crippen LogP contribution in [-0.2, 0) is 0 Å². The molecule has 0 unspecified atom stereocenters. The van der Waals surface area contributed by atoms with E-state index in [1.54, 1.807) is 0 Å². The Labute approximate surface area is 81.9 Å². The summed E-state index contributed by atoms with van der Waals surface area (Å²) in [6.07, 6.45) is 0.871. The summed E-state index contributed by atoms with van der Waals surface area (Å²) in [5, 5.41) is 9.59. The highest BCUT2D eigenvalue weighted by molar-refractivity contribution is 4.87. The van der Waals surface area contributed by atoms with Crippen LogP contribution in [0, 0.1) is 11.8 Å². The minimum absolute atomic E-state index is 0.0915. The van der Waals surface area contributed by atoms with Gasteiger partial charge in [0.25, 0.3) is 0 Å². The van der Waals surface area contributed by atoms with Crippen LogP contribution < -0.4 is 0 Å². The Hall–Kier alpha value is -0.0800. The molecule has 13 heavy (non-hydrogen) atoms. The smallest absolute Gasteiger partial charge is 0.0682 e. The number of aliphatic hydroxyl groups is 1. The third-order valence-electron chi connectivity index (χ3n) is 2.80. The molecule has 0 radical (unpaired) electrons. The van der Waals surface area contributed by atoms with E-state index in [-0.39, 0.29) is 6.10 Å². The highest BCUT2D eigenvalue weighted by atomic mass is 16.3. The Balaban J connectivity index is 2.50. The Morgan fingerprint density at radius 3 is 2.38 bits per heavy atom. The number of rotatable bonds is 3. The van der Waals surface area contributed by atoms with E-state index in [1.165, 1.54) is 0 Å². The third-order valence-corrected chi connectivity index (χ3v) is 2.80. The molecule has 0 saturated carbocycles. The topological polar surface area (TPSA) is 23.5 Å². The Morgan fingerprint density at radius 1 is 1.31 bits per heavy atom. The zero-order valence-electron chi connectivity index (χ0n) is 9.33. The van der Waals surface area contributed by atoms with Crippen molar-refractivity contribution < 1.29 is 5.11 Å². The highest BCUT2D eigenvalue weighted by Crippen LogP contribution is 2.24. The van der Waals surface area contributed by atoms with Gasteiger partial charge in [-0.2, -0.15) is 0 Å². The Kier molecular flexibility index (Phi) is 3.74. The number of hydrogen-bond acceptors (Lipinski definition) is 2. The second-order valence-electron chi connectivity index (χ2n) is 5.05. The molecular formula is C11H23NO. The van der Waals surface area contributed by atoms with Gasteiger partial charge in [-0.05, 0) is 18.3 Å². The summed E-state index contributed by atoms with van der Waals surface area (Å²) in [6, 6.07) is 0.595. The summed E-state index contributed by atoms with van der Waals surface area (Å²) in [7, 11) is 0. The highest BCUT2D eigenvalue weighted by Gasteiger charge is 2.32. The predicted octanol–water partition coefficient (Wildman–Crippen LogP) is 1.73. The second kappa shape index (κ2) is 4.43. The van der Waals surface area contributed by atoms with Gasteiger partial charge in [-0.3, -0.25) is 4.90 Å². The first-order valence-electron chi connectivity index (χ1n) is 5.42. The van der Waals surface area contributed by atoms with E-state index in [2.05, 4.69) is 32.6 Å². The van der Waals surface area contributed by atoms with Crippen molar-refractivity contribution >= 4 is 0 Å². The van der Waals surface area contributed by atoms with E-state index >= 15 is 0 Å². The number of nitrogens with zero attached hydrogens (tertiary/aromatic N) is 1. The molecule has 0 amide bonds. The van der Waals surface area contributed by atoms with E-state index < -0.39 is 0 Å². The molecule has 2 heteroatoms. The Morgan fingerprint density at radius 2 is 1.92 bits per heavy atom. The minimum Gasteiger partial charge on any atom is -0.392 e. The standard InChI is InChI=1S/C11H23NO/c1-8(2)6-12-7-10(13)5-11(12)9(3)4/h8-11,13H,5-7H2,1-4H3/t10-,11-/m1/s1. The van der Waals surface area contributed by atoms with Gasteiger partial charge in [-0.25, -0.2) is 0 Å². The number of β-amino-alcohol motifs (C(OH)–C–C–N with tert-alkyl or cyclic N) is 1. The fraction of sp³-hybridized carbons (Fsp3) is 1.00. The third kappa shape index (κ3) is 2.96. The van der Waals surface area contributed by atoms with Crippen LogP contribution >= 0.6 is 0 Å². The van der Waals surface area contributed by atoms with E-state index in [1.807, 2.05) is 0 Å². The van der Waals surface area contributed by atoms with Crippen molar-refractivity contribution in [2.45, 2.75) is 46.3 Å². The molecule has 0 bridgehead atoms. The number of aliphatic hydroxyl groups excluding tert-OH is 1. The summed E-state index contributed by atoms with van der Waals surface area (Å²) in [5.41, 5.74) is 0. The fourth-order valence-corrected chi connectivity index (χ4v) is 2.28. The fourth-order valence-electron chi connectivity index (χ4n) is 2.28. The maximum absolute atomic E-state index is 9.59. The van der Waals surface area contributed by atoms with Gasteiger partial charge in [-0.1, -0.05) is 27.7 Å². The van der Waals surface area contributed by atoms with Crippen LogP contribution in [0.4, 0.5) is 0 Å². The van der Waals surface area contributed by atoms with Gasteiger partial charge in [-0.15, -0.1) is 0 Å². The van der Waals surface area contributed by atoms with Crippen molar-refractivity contribution in [3.8, 4) is 0 Å².